The van der Waals surface area contributed by atoms with E-state index in [-0.39, 0.29) is 0 Å². The maximum atomic E-state index is 11.0. The fourth-order valence-electron chi connectivity index (χ4n) is 3.17. The van der Waals surface area contributed by atoms with E-state index in [2.05, 4.69) is 85.7 Å². The summed E-state index contributed by atoms with van der Waals surface area (Å²) in [6.07, 6.45) is 0. The highest BCUT2D eigenvalue weighted by molar-refractivity contribution is 5.74. The molecule has 0 unspecified atom stereocenters. The lowest BCUT2D eigenvalue weighted by molar-refractivity contribution is 0.466. The molecule has 25 heavy (non-hydrogen) atoms. The van der Waals surface area contributed by atoms with Crippen LogP contribution < -0.4 is 0 Å². The monoisotopic (exact) mass is 338 g/mol. The van der Waals surface area contributed by atoms with Gasteiger partial charge >= 0.3 is 0 Å². The van der Waals surface area contributed by atoms with Gasteiger partial charge in [-0.15, -0.1) is 0 Å². The number of hydrogen-bond donors (Lipinski definition) is 1. The molecular weight excluding hydrogens is 304 g/mol. The van der Waals surface area contributed by atoms with Gasteiger partial charge in [0.1, 0.15) is 5.75 Å². The largest absolute Gasteiger partial charge is 0.507 e. The van der Waals surface area contributed by atoms with E-state index in [1.165, 1.54) is 16.7 Å². The molecule has 0 radical (unpaired) electrons. The zero-order valence-corrected chi connectivity index (χ0v) is 17.1. The fraction of sp³-hybridized carbons (Fsp3) is 0.500. The topological polar surface area (TPSA) is 20.2 Å². The van der Waals surface area contributed by atoms with Crippen molar-refractivity contribution in [1.82, 2.24) is 0 Å². The molecule has 2 aromatic rings. The molecule has 0 heterocycles. The minimum Gasteiger partial charge on any atom is -0.507 e. The normalized spacial score (nSPS) is 12.0. The van der Waals surface area contributed by atoms with Gasteiger partial charge in [-0.3, -0.25) is 0 Å². The van der Waals surface area contributed by atoms with Gasteiger partial charge in [0.15, 0.2) is 0 Å². The Morgan fingerprint density at radius 3 is 1.40 bits per heavy atom. The molecule has 0 fully saturated rings. The summed E-state index contributed by atoms with van der Waals surface area (Å²) in [6, 6.07) is 11.2. The van der Waals surface area contributed by atoms with E-state index in [9.17, 15) is 5.11 Å². The molecule has 0 amide bonds. The highest BCUT2D eigenvalue weighted by atomic mass is 16.3. The van der Waals surface area contributed by atoms with Gasteiger partial charge < -0.3 is 5.11 Å². The first-order valence-electron chi connectivity index (χ1n) is 9.63. The van der Waals surface area contributed by atoms with E-state index in [1.807, 2.05) is 0 Å². The first kappa shape index (κ1) is 19.6. The molecule has 0 atom stereocenters. The maximum absolute atomic E-state index is 11.0. The van der Waals surface area contributed by atoms with Crippen LogP contribution in [0.4, 0.5) is 0 Å². The molecule has 1 heteroatoms. The van der Waals surface area contributed by atoms with Crippen molar-refractivity contribution in [3.05, 3.63) is 52.6 Å². The smallest absolute Gasteiger partial charge is 0.126 e. The van der Waals surface area contributed by atoms with Gasteiger partial charge in [-0.1, -0.05) is 79.7 Å². The van der Waals surface area contributed by atoms with Crippen molar-refractivity contribution >= 4 is 0 Å². The highest BCUT2D eigenvalue weighted by Crippen LogP contribution is 2.40. The van der Waals surface area contributed by atoms with Crippen molar-refractivity contribution in [1.29, 1.82) is 0 Å². The van der Waals surface area contributed by atoms with Crippen LogP contribution in [0.3, 0.4) is 0 Å². The number of benzene rings is 2. The molecule has 0 spiro atoms. The minimum absolute atomic E-state index is 0.301. The third kappa shape index (κ3) is 4.26. The number of phenolic OH excluding ortho intramolecular Hbond substituents is 1. The maximum Gasteiger partial charge on any atom is 0.126 e. The van der Waals surface area contributed by atoms with Crippen molar-refractivity contribution in [2.45, 2.75) is 79.1 Å². The van der Waals surface area contributed by atoms with Gasteiger partial charge in [0.2, 0.25) is 0 Å². The third-order valence-corrected chi connectivity index (χ3v) is 5.07. The van der Waals surface area contributed by atoms with Gasteiger partial charge in [-0.05, 0) is 57.6 Å². The molecule has 0 aliphatic rings. The summed E-state index contributed by atoms with van der Waals surface area (Å²) >= 11 is 0. The molecule has 1 N–H and O–H groups in total. The number of hydrogen-bond acceptors (Lipinski definition) is 1. The van der Waals surface area contributed by atoms with Crippen LogP contribution in [0.1, 0.15) is 101 Å². The van der Waals surface area contributed by atoms with Crippen LogP contribution in [0.25, 0.3) is 11.1 Å². The van der Waals surface area contributed by atoms with Crippen molar-refractivity contribution in [3.8, 4) is 16.9 Å². The van der Waals surface area contributed by atoms with Crippen LogP contribution in [-0.4, -0.2) is 5.11 Å². The molecule has 136 valence electrons. The standard InChI is InChI=1S/C24H34O/c1-14(2)18-9-19(15(3)4)11-21(10-18)23-13-20(16(5)6)12-22(17(7)8)24(23)25/h9-17,25H,1-8H3. The molecule has 0 saturated heterocycles. The summed E-state index contributed by atoms with van der Waals surface area (Å²) in [5.41, 5.74) is 7.11. The Bertz CT molecular complexity index is 710. The Morgan fingerprint density at radius 1 is 0.560 bits per heavy atom. The summed E-state index contributed by atoms with van der Waals surface area (Å²) in [5.74, 6) is 2.12. The molecule has 0 bridgehead atoms. The average molecular weight is 339 g/mol. The van der Waals surface area contributed by atoms with Crippen LogP contribution in [0.15, 0.2) is 30.3 Å². The Morgan fingerprint density at radius 2 is 1.00 bits per heavy atom. The lowest BCUT2D eigenvalue weighted by Gasteiger charge is -2.20. The molecule has 0 aliphatic carbocycles. The summed E-state index contributed by atoms with van der Waals surface area (Å²) < 4.78 is 0. The van der Waals surface area contributed by atoms with E-state index in [1.54, 1.807) is 0 Å². The van der Waals surface area contributed by atoms with Crippen molar-refractivity contribution < 1.29 is 5.11 Å². The second-order valence-corrected chi connectivity index (χ2v) is 8.51. The molecule has 0 aromatic heterocycles. The van der Waals surface area contributed by atoms with Gasteiger partial charge in [0, 0.05) is 5.56 Å². The predicted octanol–water partition coefficient (Wildman–Crippen LogP) is 7.55. The van der Waals surface area contributed by atoms with E-state index in [4.69, 9.17) is 0 Å². The van der Waals surface area contributed by atoms with Gasteiger partial charge in [-0.25, -0.2) is 0 Å². The lowest BCUT2D eigenvalue weighted by Crippen LogP contribution is -1.99. The Kier molecular flexibility index (Phi) is 5.98. The highest BCUT2D eigenvalue weighted by Gasteiger charge is 2.17. The van der Waals surface area contributed by atoms with Crippen molar-refractivity contribution in [3.63, 3.8) is 0 Å². The summed E-state index contributed by atoms with van der Waals surface area (Å²) in [7, 11) is 0. The molecule has 2 rings (SSSR count). The van der Waals surface area contributed by atoms with Gasteiger partial charge in [0.05, 0.1) is 0 Å². The van der Waals surface area contributed by atoms with Crippen LogP contribution >= 0.6 is 0 Å². The van der Waals surface area contributed by atoms with E-state index >= 15 is 0 Å². The molecule has 2 aromatic carbocycles. The second-order valence-electron chi connectivity index (χ2n) is 8.51. The molecular formula is C24H34O. The van der Waals surface area contributed by atoms with E-state index < -0.39 is 0 Å². The summed E-state index contributed by atoms with van der Waals surface area (Å²) in [6.45, 7) is 17.6. The fourth-order valence-corrected chi connectivity index (χ4v) is 3.17. The van der Waals surface area contributed by atoms with Crippen LogP contribution in [-0.2, 0) is 0 Å². The summed E-state index contributed by atoms with van der Waals surface area (Å²) in [4.78, 5) is 0. The first-order chi connectivity index (χ1) is 11.6. The van der Waals surface area contributed by atoms with Crippen LogP contribution in [0, 0.1) is 0 Å². The van der Waals surface area contributed by atoms with E-state index in [0.717, 1.165) is 16.7 Å². The Labute approximate surface area is 154 Å². The van der Waals surface area contributed by atoms with E-state index in [0.29, 0.717) is 29.4 Å². The zero-order valence-electron chi connectivity index (χ0n) is 17.1. The molecule has 0 saturated carbocycles. The Hall–Kier alpha value is -1.76. The van der Waals surface area contributed by atoms with Gasteiger partial charge in [0.25, 0.3) is 0 Å². The minimum atomic E-state index is 0.301. The average Bonchev–Trinajstić information content (AvgIpc) is 2.53. The van der Waals surface area contributed by atoms with Crippen molar-refractivity contribution in [2.24, 2.45) is 0 Å². The van der Waals surface area contributed by atoms with Gasteiger partial charge in [-0.2, -0.15) is 0 Å². The second kappa shape index (κ2) is 7.64. The SMILES string of the molecule is CC(C)c1cc(-c2cc(C(C)C)cc(C(C)C)c2O)cc(C(C)C)c1. The number of aromatic hydroxyl groups is 1. The third-order valence-electron chi connectivity index (χ3n) is 5.07. The van der Waals surface area contributed by atoms with Crippen LogP contribution in [0.5, 0.6) is 5.75 Å². The Balaban J connectivity index is 2.76. The zero-order chi connectivity index (χ0) is 18.9. The van der Waals surface area contributed by atoms with Crippen molar-refractivity contribution in [2.75, 3.05) is 0 Å². The summed E-state index contributed by atoms with van der Waals surface area (Å²) in [5, 5.41) is 11.0. The lowest BCUT2D eigenvalue weighted by atomic mass is 9.86. The number of phenols is 1. The predicted molar refractivity (Wildman–Crippen MR) is 110 cm³/mol. The molecule has 1 nitrogen and oxygen atoms in total. The quantitative estimate of drug-likeness (QED) is 0.596. The molecule has 0 aliphatic heterocycles. The number of rotatable bonds is 5. The van der Waals surface area contributed by atoms with Crippen LogP contribution in [0.2, 0.25) is 0 Å². The first-order valence-corrected chi connectivity index (χ1v) is 9.63.